The second-order valence-corrected chi connectivity index (χ2v) is 21.5. The van der Waals surface area contributed by atoms with Gasteiger partial charge in [-0.1, -0.05) is 63.1 Å². The van der Waals surface area contributed by atoms with E-state index >= 15 is 0 Å². The van der Waals surface area contributed by atoms with E-state index in [0.717, 1.165) is 11.5 Å². The van der Waals surface area contributed by atoms with Crippen molar-refractivity contribution < 1.29 is 8.85 Å². The van der Waals surface area contributed by atoms with E-state index < -0.39 is 16.6 Å². The Morgan fingerprint density at radius 1 is 0.682 bits per heavy atom. The van der Waals surface area contributed by atoms with Crippen LogP contribution in [0.1, 0.15) is 41.5 Å². The molecule has 0 spiro atoms. The highest BCUT2D eigenvalue weighted by molar-refractivity contribution is 8.76. The first-order chi connectivity index (χ1) is 9.67. The van der Waals surface area contributed by atoms with Crippen LogP contribution in [0.3, 0.4) is 0 Å². The Morgan fingerprint density at radius 2 is 0.955 bits per heavy atom. The Hall–Kier alpha value is 1.05. The number of hydrogen-bond donors (Lipinski definition) is 0. The first-order valence-corrected chi connectivity index (χ1v) is 16.6. The lowest BCUT2D eigenvalue weighted by molar-refractivity contribution is 0.0637. The molecule has 1 rings (SSSR count). The zero-order valence-electron chi connectivity index (χ0n) is 16.2. The maximum absolute atomic E-state index is 6.72. The van der Waals surface area contributed by atoms with Crippen LogP contribution in [-0.4, -0.2) is 40.3 Å². The smallest absolute Gasteiger partial charge is 0.192 e. The predicted molar refractivity (Wildman–Crippen MR) is 109 cm³/mol. The highest BCUT2D eigenvalue weighted by atomic mass is 33.1. The van der Waals surface area contributed by atoms with Gasteiger partial charge in [-0.3, -0.25) is 0 Å². The second-order valence-electron chi connectivity index (χ2n) is 9.40. The van der Waals surface area contributed by atoms with Crippen LogP contribution >= 0.6 is 21.6 Å². The minimum absolute atomic E-state index is 0.251. The molecule has 6 heteroatoms. The summed E-state index contributed by atoms with van der Waals surface area (Å²) >= 11 is 0. The van der Waals surface area contributed by atoms with Gasteiger partial charge in [0, 0.05) is 11.5 Å². The van der Waals surface area contributed by atoms with Crippen LogP contribution < -0.4 is 0 Å². The zero-order chi connectivity index (χ0) is 17.4. The molecule has 0 bridgehead atoms. The van der Waals surface area contributed by atoms with Crippen molar-refractivity contribution in [1.29, 1.82) is 0 Å². The van der Waals surface area contributed by atoms with Crippen LogP contribution in [0.25, 0.3) is 0 Å². The average molecular weight is 381 g/mol. The predicted octanol–water partition coefficient (Wildman–Crippen LogP) is 6.16. The van der Waals surface area contributed by atoms with Gasteiger partial charge in [-0.05, 0) is 36.3 Å². The van der Waals surface area contributed by atoms with E-state index in [2.05, 4.69) is 67.7 Å². The van der Waals surface area contributed by atoms with Crippen molar-refractivity contribution in [2.24, 2.45) is 0 Å². The molecule has 1 aliphatic rings. The molecule has 0 amide bonds. The summed E-state index contributed by atoms with van der Waals surface area (Å²) in [4.78, 5) is 0. The van der Waals surface area contributed by atoms with E-state index in [4.69, 9.17) is 8.85 Å². The summed E-state index contributed by atoms with van der Waals surface area (Å²) in [5.74, 6) is 2.10. The van der Waals surface area contributed by atoms with Crippen LogP contribution in [0.4, 0.5) is 0 Å². The van der Waals surface area contributed by atoms with Crippen LogP contribution in [0.15, 0.2) is 0 Å². The molecule has 1 aliphatic heterocycles. The minimum Gasteiger partial charge on any atom is -0.410 e. The fourth-order valence-electron chi connectivity index (χ4n) is 1.78. The van der Waals surface area contributed by atoms with E-state index in [9.17, 15) is 0 Å². The third-order valence-electron chi connectivity index (χ3n) is 5.47. The highest BCUT2D eigenvalue weighted by Crippen LogP contribution is 2.43. The van der Waals surface area contributed by atoms with Gasteiger partial charge in [-0.2, -0.15) is 0 Å². The third-order valence-corrected chi connectivity index (χ3v) is 16.9. The molecule has 22 heavy (non-hydrogen) atoms. The molecule has 0 aliphatic carbocycles. The first kappa shape index (κ1) is 21.1. The van der Waals surface area contributed by atoms with Crippen molar-refractivity contribution in [3.8, 4) is 0 Å². The largest absolute Gasteiger partial charge is 0.410 e. The fraction of sp³-hybridized carbons (Fsp3) is 1.00. The van der Waals surface area contributed by atoms with Gasteiger partial charge in [0.25, 0.3) is 0 Å². The molecule has 0 saturated carbocycles. The minimum atomic E-state index is -1.74. The zero-order valence-corrected chi connectivity index (χ0v) is 19.8. The Bertz CT molecular complexity index is 337. The van der Waals surface area contributed by atoms with Gasteiger partial charge in [0.05, 0.1) is 12.2 Å². The summed E-state index contributed by atoms with van der Waals surface area (Å²) in [5.41, 5.74) is 0. The van der Waals surface area contributed by atoms with Crippen LogP contribution in [0, 0.1) is 0 Å². The summed E-state index contributed by atoms with van der Waals surface area (Å²) in [7, 11) is 0.397. The molecule has 1 fully saturated rings. The lowest BCUT2D eigenvalue weighted by Gasteiger charge is -2.46. The molecule has 1 heterocycles. The van der Waals surface area contributed by atoms with Crippen molar-refractivity contribution in [3.63, 3.8) is 0 Å². The summed E-state index contributed by atoms with van der Waals surface area (Å²) in [6.45, 7) is 23.3. The Morgan fingerprint density at radius 3 is 1.18 bits per heavy atom. The van der Waals surface area contributed by atoms with Gasteiger partial charge in [-0.25, -0.2) is 0 Å². The number of rotatable bonds is 4. The van der Waals surface area contributed by atoms with Crippen molar-refractivity contribution in [2.45, 2.75) is 90.0 Å². The molecule has 1 saturated heterocycles. The molecule has 2 unspecified atom stereocenters. The molecular formula is C16H36O2S2Si2. The van der Waals surface area contributed by atoms with Gasteiger partial charge in [0.15, 0.2) is 16.6 Å². The summed E-state index contributed by atoms with van der Waals surface area (Å²) in [5, 5.41) is 0.508. The van der Waals surface area contributed by atoms with E-state index in [-0.39, 0.29) is 22.3 Å². The molecule has 0 aromatic heterocycles. The molecule has 0 aromatic rings. The molecule has 132 valence electrons. The normalized spacial score (nSPS) is 25.4. The van der Waals surface area contributed by atoms with Crippen molar-refractivity contribution >= 4 is 38.2 Å². The maximum atomic E-state index is 6.72. The Labute approximate surface area is 148 Å². The molecule has 2 atom stereocenters. The van der Waals surface area contributed by atoms with Crippen molar-refractivity contribution in [1.82, 2.24) is 0 Å². The maximum Gasteiger partial charge on any atom is 0.192 e. The van der Waals surface area contributed by atoms with Gasteiger partial charge in [0.2, 0.25) is 0 Å². The quantitative estimate of drug-likeness (QED) is 0.429. The van der Waals surface area contributed by atoms with E-state index in [1.807, 2.05) is 21.6 Å². The highest BCUT2D eigenvalue weighted by Gasteiger charge is 2.45. The van der Waals surface area contributed by atoms with Gasteiger partial charge in [-0.15, -0.1) is 0 Å². The summed E-state index contributed by atoms with van der Waals surface area (Å²) in [6.07, 6.45) is 0.502. The van der Waals surface area contributed by atoms with E-state index in [1.165, 1.54) is 0 Å². The van der Waals surface area contributed by atoms with Crippen molar-refractivity contribution in [3.05, 3.63) is 0 Å². The monoisotopic (exact) mass is 380 g/mol. The first-order valence-electron chi connectivity index (χ1n) is 8.27. The molecule has 2 nitrogen and oxygen atoms in total. The summed E-state index contributed by atoms with van der Waals surface area (Å²) < 4.78 is 13.4. The molecular weight excluding hydrogens is 344 g/mol. The Kier molecular flexibility index (Phi) is 6.83. The van der Waals surface area contributed by atoms with Gasteiger partial charge in [0.1, 0.15) is 0 Å². The van der Waals surface area contributed by atoms with Crippen LogP contribution in [-0.2, 0) is 8.85 Å². The Balaban J connectivity index is 2.85. The van der Waals surface area contributed by atoms with Crippen molar-refractivity contribution in [2.75, 3.05) is 11.5 Å². The van der Waals surface area contributed by atoms with Gasteiger partial charge >= 0.3 is 0 Å². The topological polar surface area (TPSA) is 18.5 Å². The second kappa shape index (κ2) is 7.12. The van der Waals surface area contributed by atoms with Gasteiger partial charge < -0.3 is 8.85 Å². The van der Waals surface area contributed by atoms with E-state index in [0.29, 0.717) is 0 Å². The van der Waals surface area contributed by atoms with E-state index in [1.54, 1.807) is 0 Å². The fourth-order valence-corrected chi connectivity index (χ4v) is 7.12. The lowest BCUT2D eigenvalue weighted by atomic mass is 10.2. The SMILES string of the molecule is CC(C)(C)[Si](C)(C)OC1CSSCC1O[Si](C)(C)C(C)(C)C. The molecule has 0 radical (unpaired) electrons. The third kappa shape index (κ3) is 5.28. The molecule has 0 aromatic carbocycles. The summed E-state index contributed by atoms with van der Waals surface area (Å²) in [6, 6.07) is 0. The van der Waals surface area contributed by atoms with Crippen LogP contribution in [0.5, 0.6) is 0 Å². The standard InChI is InChI=1S/C16H36O2S2Si2/c1-15(2,3)21(7,8)17-13-11-19-20-12-14(13)18-22(9,10)16(4,5)6/h13-14H,11-12H2,1-10H3. The van der Waals surface area contributed by atoms with Crippen LogP contribution in [0.2, 0.25) is 36.3 Å². The molecule has 0 N–H and O–H groups in total. The lowest BCUT2D eigenvalue weighted by Crippen LogP contribution is -2.54. The average Bonchev–Trinajstić information content (AvgIpc) is 2.28. The number of hydrogen-bond acceptors (Lipinski definition) is 4.